The van der Waals surface area contributed by atoms with Crippen LogP contribution in [0.5, 0.6) is 0 Å². The van der Waals surface area contributed by atoms with Crippen molar-refractivity contribution in [1.29, 1.82) is 0 Å². The van der Waals surface area contributed by atoms with Crippen molar-refractivity contribution in [3.63, 3.8) is 0 Å². The van der Waals surface area contributed by atoms with Gasteiger partial charge in [-0.2, -0.15) is 0 Å². The number of nitrogens with one attached hydrogen (secondary N) is 1. The third-order valence-corrected chi connectivity index (χ3v) is 6.20. The first kappa shape index (κ1) is 19.8. The highest BCUT2D eigenvalue weighted by molar-refractivity contribution is 5.79. The Hall–Kier alpha value is -3.09. The van der Waals surface area contributed by atoms with Crippen molar-refractivity contribution in [2.24, 2.45) is 0 Å². The second kappa shape index (κ2) is 8.57. The van der Waals surface area contributed by atoms with Gasteiger partial charge >= 0.3 is 0 Å². The van der Waals surface area contributed by atoms with Crippen LogP contribution in [0.25, 0.3) is 10.9 Å². The lowest BCUT2D eigenvalue weighted by atomic mass is 10.1. The molecule has 0 bridgehead atoms. The molecule has 5 rings (SSSR count). The van der Waals surface area contributed by atoms with Crippen LogP contribution >= 0.6 is 0 Å². The molecular weight excluding hydrogens is 388 g/mol. The molecule has 3 heterocycles. The van der Waals surface area contributed by atoms with E-state index in [-0.39, 0.29) is 5.56 Å². The van der Waals surface area contributed by atoms with E-state index in [0.717, 1.165) is 42.8 Å². The Morgan fingerprint density at radius 1 is 1.00 bits per heavy atom. The molecule has 6 heteroatoms. The zero-order valence-electron chi connectivity index (χ0n) is 17.9. The summed E-state index contributed by atoms with van der Waals surface area (Å²) < 4.78 is 9.33. The monoisotopic (exact) mass is 416 g/mol. The molecule has 2 aromatic heterocycles. The normalized spacial score (nSPS) is 14.2. The van der Waals surface area contributed by atoms with Gasteiger partial charge in [0.15, 0.2) is 0 Å². The quantitative estimate of drug-likeness (QED) is 0.503. The van der Waals surface area contributed by atoms with Gasteiger partial charge in [-0.1, -0.05) is 36.4 Å². The summed E-state index contributed by atoms with van der Waals surface area (Å²) in [5.41, 5.74) is 5.89. The lowest BCUT2D eigenvalue weighted by molar-refractivity contribution is 0.175. The van der Waals surface area contributed by atoms with E-state index in [1.165, 1.54) is 16.5 Å². The zero-order chi connectivity index (χ0) is 21.2. The molecule has 0 unspecified atom stereocenters. The summed E-state index contributed by atoms with van der Waals surface area (Å²) in [7, 11) is 1.68. The molecular formula is C25H28N4O2. The SMILES string of the molecule is COCCn1c(=O)c2c(n1Cc1ccccc1)CN(Cc1ccc3[nH]ccc3c1)CC2. The Bertz CT molecular complexity index is 1240. The highest BCUT2D eigenvalue weighted by Gasteiger charge is 2.26. The number of methoxy groups -OCH3 is 1. The summed E-state index contributed by atoms with van der Waals surface area (Å²) in [6.07, 6.45) is 2.77. The van der Waals surface area contributed by atoms with Crippen LogP contribution in [0.15, 0.2) is 65.6 Å². The van der Waals surface area contributed by atoms with Crippen LogP contribution in [-0.4, -0.2) is 39.5 Å². The highest BCUT2D eigenvalue weighted by Crippen LogP contribution is 2.22. The van der Waals surface area contributed by atoms with Crippen LogP contribution in [0.3, 0.4) is 0 Å². The van der Waals surface area contributed by atoms with Gasteiger partial charge in [0.2, 0.25) is 0 Å². The number of aromatic amines is 1. The predicted octanol–water partition coefficient (Wildman–Crippen LogP) is 3.38. The number of aromatic nitrogens is 3. The average Bonchev–Trinajstić information content (AvgIpc) is 3.36. The highest BCUT2D eigenvalue weighted by atomic mass is 16.5. The minimum atomic E-state index is 0.136. The second-order valence-corrected chi connectivity index (χ2v) is 8.25. The summed E-state index contributed by atoms with van der Waals surface area (Å²) in [6.45, 7) is 4.34. The molecule has 0 aliphatic carbocycles. The maximum atomic E-state index is 13.2. The summed E-state index contributed by atoms with van der Waals surface area (Å²) in [4.78, 5) is 18.9. The number of benzene rings is 2. The predicted molar refractivity (Wildman–Crippen MR) is 122 cm³/mol. The standard InChI is InChI=1S/C25H28N4O2/c1-31-14-13-28-25(30)22-10-12-27(16-20-7-8-23-21(15-20)9-11-26-23)18-24(22)29(28)17-19-5-3-2-4-6-19/h2-9,11,15,26H,10,12-14,16-18H2,1H3. The number of fused-ring (bicyclic) bond motifs is 2. The van der Waals surface area contributed by atoms with Gasteiger partial charge in [-0.3, -0.25) is 14.4 Å². The average molecular weight is 417 g/mol. The van der Waals surface area contributed by atoms with E-state index in [0.29, 0.717) is 19.7 Å². The summed E-state index contributed by atoms with van der Waals surface area (Å²) >= 11 is 0. The number of H-pyrrole nitrogens is 1. The largest absolute Gasteiger partial charge is 0.383 e. The first-order valence-electron chi connectivity index (χ1n) is 10.9. The maximum Gasteiger partial charge on any atom is 0.270 e. The molecule has 31 heavy (non-hydrogen) atoms. The van der Waals surface area contributed by atoms with Crippen molar-refractivity contribution in [1.82, 2.24) is 19.2 Å². The number of hydrogen-bond acceptors (Lipinski definition) is 3. The van der Waals surface area contributed by atoms with Crippen molar-refractivity contribution in [3.05, 3.63) is 93.5 Å². The van der Waals surface area contributed by atoms with Crippen molar-refractivity contribution in [2.75, 3.05) is 20.3 Å². The van der Waals surface area contributed by atoms with Gasteiger partial charge < -0.3 is 9.72 Å². The minimum absolute atomic E-state index is 0.136. The van der Waals surface area contributed by atoms with Crippen LogP contribution in [0.4, 0.5) is 0 Å². The summed E-state index contributed by atoms with van der Waals surface area (Å²) in [6, 6.07) is 19.0. The zero-order valence-corrected chi connectivity index (χ0v) is 17.9. The minimum Gasteiger partial charge on any atom is -0.383 e. The van der Waals surface area contributed by atoms with E-state index in [9.17, 15) is 4.79 Å². The smallest absolute Gasteiger partial charge is 0.270 e. The third kappa shape index (κ3) is 3.96. The third-order valence-electron chi connectivity index (χ3n) is 6.20. The van der Waals surface area contributed by atoms with Crippen LogP contribution in [0, 0.1) is 0 Å². The van der Waals surface area contributed by atoms with Gasteiger partial charge in [0.05, 0.1) is 25.4 Å². The maximum absolute atomic E-state index is 13.2. The Balaban J connectivity index is 1.44. The van der Waals surface area contributed by atoms with Gasteiger partial charge in [-0.05, 0) is 41.1 Å². The van der Waals surface area contributed by atoms with E-state index in [2.05, 4.69) is 51.0 Å². The van der Waals surface area contributed by atoms with Crippen molar-refractivity contribution in [2.45, 2.75) is 32.6 Å². The summed E-state index contributed by atoms with van der Waals surface area (Å²) in [5, 5.41) is 1.24. The van der Waals surface area contributed by atoms with Gasteiger partial charge in [0.25, 0.3) is 5.56 Å². The second-order valence-electron chi connectivity index (χ2n) is 8.25. The van der Waals surface area contributed by atoms with E-state index in [1.54, 1.807) is 7.11 Å². The molecule has 6 nitrogen and oxygen atoms in total. The Kier molecular flexibility index (Phi) is 5.49. The molecule has 1 N–H and O–H groups in total. The lowest BCUT2D eigenvalue weighted by Crippen LogP contribution is -2.32. The van der Waals surface area contributed by atoms with Crippen LogP contribution in [0.2, 0.25) is 0 Å². The molecule has 160 valence electrons. The Morgan fingerprint density at radius 2 is 1.87 bits per heavy atom. The van der Waals surface area contributed by atoms with E-state index >= 15 is 0 Å². The molecule has 0 amide bonds. The number of hydrogen-bond donors (Lipinski definition) is 1. The first-order chi connectivity index (χ1) is 15.2. The molecule has 2 aromatic carbocycles. The van der Waals surface area contributed by atoms with Gasteiger partial charge in [-0.15, -0.1) is 0 Å². The van der Waals surface area contributed by atoms with Crippen molar-refractivity contribution < 1.29 is 4.74 Å². The molecule has 0 saturated carbocycles. The number of rotatable bonds is 7. The van der Waals surface area contributed by atoms with Gasteiger partial charge in [-0.25, -0.2) is 4.68 Å². The molecule has 0 spiro atoms. The van der Waals surface area contributed by atoms with Crippen LogP contribution in [0.1, 0.15) is 22.4 Å². The number of nitrogens with zero attached hydrogens (tertiary/aromatic N) is 3. The van der Waals surface area contributed by atoms with E-state index in [1.807, 2.05) is 29.1 Å². The molecule has 0 atom stereocenters. The fourth-order valence-corrected chi connectivity index (χ4v) is 4.61. The number of ether oxygens (including phenoxy) is 1. The van der Waals surface area contributed by atoms with Gasteiger partial charge in [0, 0.05) is 44.0 Å². The first-order valence-corrected chi connectivity index (χ1v) is 10.9. The fourth-order valence-electron chi connectivity index (χ4n) is 4.61. The van der Waals surface area contributed by atoms with Gasteiger partial charge in [0.1, 0.15) is 0 Å². The van der Waals surface area contributed by atoms with E-state index in [4.69, 9.17) is 4.74 Å². The fraction of sp³-hybridized carbons (Fsp3) is 0.320. The molecule has 0 fully saturated rings. The molecule has 0 radical (unpaired) electrons. The van der Waals surface area contributed by atoms with Crippen LogP contribution < -0.4 is 5.56 Å². The Morgan fingerprint density at radius 3 is 2.71 bits per heavy atom. The molecule has 0 saturated heterocycles. The Labute approximate surface area is 181 Å². The van der Waals surface area contributed by atoms with Crippen molar-refractivity contribution in [3.8, 4) is 0 Å². The molecule has 1 aliphatic heterocycles. The van der Waals surface area contributed by atoms with Crippen LogP contribution in [-0.2, 0) is 37.3 Å². The molecule has 4 aromatic rings. The van der Waals surface area contributed by atoms with Crippen molar-refractivity contribution >= 4 is 10.9 Å². The lowest BCUT2D eigenvalue weighted by Gasteiger charge is -2.28. The summed E-state index contributed by atoms with van der Waals surface area (Å²) in [5.74, 6) is 0. The molecule has 1 aliphatic rings. The topological polar surface area (TPSA) is 55.2 Å². The van der Waals surface area contributed by atoms with E-state index < -0.39 is 0 Å².